The van der Waals surface area contributed by atoms with Gasteiger partial charge in [0, 0.05) is 18.6 Å². The maximum absolute atomic E-state index is 3.38. The number of nitrogens with one attached hydrogen (secondary N) is 1. The molecule has 0 amide bonds. The molecule has 0 aromatic heterocycles. The molecule has 2 atom stereocenters. The molecule has 1 saturated heterocycles. The normalized spacial score (nSPS) is 28.1. The van der Waals surface area contributed by atoms with Gasteiger partial charge in [0.15, 0.2) is 0 Å². The number of fused-ring (bicyclic) bond motifs is 1. The SMILES string of the molecule is CNCC1CCCCN1C1CCc2ccccc2C1. The lowest BCUT2D eigenvalue weighted by atomic mass is 9.85. The number of piperidine rings is 1. The minimum Gasteiger partial charge on any atom is -0.318 e. The predicted molar refractivity (Wildman–Crippen MR) is 80.5 cm³/mol. The Bertz CT molecular complexity index is 413. The van der Waals surface area contributed by atoms with Crippen LogP contribution in [0.2, 0.25) is 0 Å². The highest BCUT2D eigenvalue weighted by molar-refractivity contribution is 5.30. The number of likely N-dealkylation sites (N-methyl/N-ethyl adjacent to an activating group) is 1. The van der Waals surface area contributed by atoms with Gasteiger partial charge in [0.1, 0.15) is 0 Å². The van der Waals surface area contributed by atoms with Gasteiger partial charge in [-0.25, -0.2) is 0 Å². The van der Waals surface area contributed by atoms with Crippen LogP contribution in [0.3, 0.4) is 0 Å². The summed E-state index contributed by atoms with van der Waals surface area (Å²) in [6.45, 7) is 2.46. The maximum Gasteiger partial charge on any atom is 0.0223 e. The Morgan fingerprint density at radius 3 is 2.84 bits per heavy atom. The number of hydrogen-bond acceptors (Lipinski definition) is 2. The molecular formula is C17H26N2. The monoisotopic (exact) mass is 258 g/mol. The molecule has 2 unspecified atom stereocenters. The van der Waals surface area contributed by atoms with E-state index < -0.39 is 0 Å². The van der Waals surface area contributed by atoms with Crippen LogP contribution in [-0.2, 0) is 12.8 Å². The first-order valence-electron chi connectivity index (χ1n) is 7.85. The van der Waals surface area contributed by atoms with Gasteiger partial charge in [-0.1, -0.05) is 30.7 Å². The first kappa shape index (κ1) is 13.1. The molecule has 0 bridgehead atoms. The molecule has 1 aliphatic carbocycles. The molecule has 1 N–H and O–H groups in total. The first-order chi connectivity index (χ1) is 9.38. The Morgan fingerprint density at radius 2 is 2.00 bits per heavy atom. The molecule has 0 radical (unpaired) electrons. The Balaban J connectivity index is 1.72. The zero-order chi connectivity index (χ0) is 13.1. The minimum absolute atomic E-state index is 0.758. The van der Waals surface area contributed by atoms with Crippen LogP contribution in [0, 0.1) is 0 Å². The lowest BCUT2D eigenvalue weighted by Gasteiger charge is -2.43. The van der Waals surface area contributed by atoms with E-state index >= 15 is 0 Å². The summed E-state index contributed by atoms with van der Waals surface area (Å²) >= 11 is 0. The van der Waals surface area contributed by atoms with E-state index in [-0.39, 0.29) is 0 Å². The molecular weight excluding hydrogens is 232 g/mol. The summed E-state index contributed by atoms with van der Waals surface area (Å²) in [7, 11) is 2.09. The van der Waals surface area contributed by atoms with Crippen molar-refractivity contribution in [1.82, 2.24) is 10.2 Å². The quantitative estimate of drug-likeness (QED) is 0.896. The molecule has 19 heavy (non-hydrogen) atoms. The average Bonchev–Trinajstić information content (AvgIpc) is 2.48. The van der Waals surface area contributed by atoms with Crippen molar-refractivity contribution in [3.8, 4) is 0 Å². The molecule has 3 rings (SSSR count). The third-order valence-electron chi connectivity index (χ3n) is 4.90. The Morgan fingerprint density at radius 1 is 1.16 bits per heavy atom. The topological polar surface area (TPSA) is 15.3 Å². The molecule has 2 nitrogen and oxygen atoms in total. The van der Waals surface area contributed by atoms with Gasteiger partial charge in [-0.3, -0.25) is 4.90 Å². The van der Waals surface area contributed by atoms with Crippen LogP contribution in [0.25, 0.3) is 0 Å². The van der Waals surface area contributed by atoms with Crippen molar-refractivity contribution in [2.75, 3.05) is 20.1 Å². The van der Waals surface area contributed by atoms with Crippen LogP contribution in [0.5, 0.6) is 0 Å². The zero-order valence-corrected chi connectivity index (χ0v) is 12.1. The highest BCUT2D eigenvalue weighted by atomic mass is 15.2. The molecule has 1 aliphatic heterocycles. The molecule has 0 spiro atoms. The summed E-state index contributed by atoms with van der Waals surface area (Å²) in [4.78, 5) is 2.80. The van der Waals surface area contributed by atoms with Crippen molar-refractivity contribution in [1.29, 1.82) is 0 Å². The van der Waals surface area contributed by atoms with Crippen LogP contribution in [0.4, 0.5) is 0 Å². The second kappa shape index (κ2) is 6.06. The van der Waals surface area contributed by atoms with Gasteiger partial charge in [0.2, 0.25) is 0 Å². The molecule has 1 heterocycles. The van der Waals surface area contributed by atoms with Gasteiger partial charge in [-0.2, -0.15) is 0 Å². The van der Waals surface area contributed by atoms with Gasteiger partial charge >= 0.3 is 0 Å². The standard InChI is InChI=1S/C17H26N2/c1-18-13-17-8-4-5-11-19(17)16-10-9-14-6-2-3-7-15(14)12-16/h2-3,6-7,16-18H,4-5,8-13H2,1H3. The predicted octanol–water partition coefficient (Wildman–Crippen LogP) is 2.62. The second-order valence-electron chi connectivity index (χ2n) is 6.11. The zero-order valence-electron chi connectivity index (χ0n) is 12.1. The highest BCUT2D eigenvalue weighted by Gasteiger charge is 2.30. The largest absolute Gasteiger partial charge is 0.318 e. The summed E-state index contributed by atoms with van der Waals surface area (Å²) in [5.74, 6) is 0. The van der Waals surface area contributed by atoms with Crippen LogP contribution >= 0.6 is 0 Å². The summed E-state index contributed by atoms with van der Waals surface area (Å²) in [5.41, 5.74) is 3.17. The van der Waals surface area contributed by atoms with Crippen LogP contribution in [0.15, 0.2) is 24.3 Å². The molecule has 1 fully saturated rings. The number of aryl methyl sites for hydroxylation is 1. The number of likely N-dealkylation sites (tertiary alicyclic amines) is 1. The van der Waals surface area contributed by atoms with E-state index in [1.54, 1.807) is 11.1 Å². The van der Waals surface area contributed by atoms with Gasteiger partial charge in [0.05, 0.1) is 0 Å². The Hall–Kier alpha value is -0.860. The third-order valence-corrected chi connectivity index (χ3v) is 4.90. The number of benzene rings is 1. The molecule has 0 saturated carbocycles. The number of rotatable bonds is 3. The van der Waals surface area contributed by atoms with E-state index in [0.29, 0.717) is 0 Å². The van der Waals surface area contributed by atoms with Crippen molar-refractivity contribution < 1.29 is 0 Å². The maximum atomic E-state index is 3.38. The first-order valence-corrected chi connectivity index (χ1v) is 7.85. The van der Waals surface area contributed by atoms with Crippen LogP contribution in [0.1, 0.15) is 36.8 Å². The van der Waals surface area contributed by atoms with Gasteiger partial charge in [-0.15, -0.1) is 0 Å². The van der Waals surface area contributed by atoms with E-state index in [0.717, 1.165) is 18.6 Å². The van der Waals surface area contributed by atoms with Gasteiger partial charge in [-0.05, 0) is 56.8 Å². The fraction of sp³-hybridized carbons (Fsp3) is 0.647. The van der Waals surface area contributed by atoms with Crippen LogP contribution in [-0.4, -0.2) is 37.1 Å². The molecule has 2 aliphatic rings. The van der Waals surface area contributed by atoms with Gasteiger partial charge in [0.25, 0.3) is 0 Å². The summed E-state index contributed by atoms with van der Waals surface area (Å²) in [5, 5.41) is 3.38. The lowest BCUT2D eigenvalue weighted by Crippen LogP contribution is -2.51. The van der Waals surface area contributed by atoms with Crippen LogP contribution < -0.4 is 5.32 Å². The molecule has 1 aromatic carbocycles. The lowest BCUT2D eigenvalue weighted by molar-refractivity contribution is 0.0863. The smallest absolute Gasteiger partial charge is 0.0223 e. The van der Waals surface area contributed by atoms with Crippen molar-refractivity contribution in [2.45, 2.75) is 50.6 Å². The highest BCUT2D eigenvalue weighted by Crippen LogP contribution is 2.28. The molecule has 104 valence electrons. The average molecular weight is 258 g/mol. The number of nitrogens with zero attached hydrogens (tertiary/aromatic N) is 1. The molecule has 2 heteroatoms. The minimum atomic E-state index is 0.758. The molecule has 1 aromatic rings. The number of hydrogen-bond donors (Lipinski definition) is 1. The van der Waals surface area contributed by atoms with E-state index in [1.807, 2.05) is 0 Å². The fourth-order valence-corrected chi connectivity index (χ4v) is 3.92. The van der Waals surface area contributed by atoms with E-state index in [1.165, 1.54) is 45.1 Å². The van der Waals surface area contributed by atoms with Gasteiger partial charge < -0.3 is 5.32 Å². The van der Waals surface area contributed by atoms with Crippen molar-refractivity contribution in [3.63, 3.8) is 0 Å². The third kappa shape index (κ3) is 2.85. The van der Waals surface area contributed by atoms with Crippen molar-refractivity contribution in [2.24, 2.45) is 0 Å². The second-order valence-corrected chi connectivity index (χ2v) is 6.11. The Kier molecular flexibility index (Phi) is 4.19. The van der Waals surface area contributed by atoms with E-state index in [2.05, 4.69) is 41.5 Å². The van der Waals surface area contributed by atoms with Crippen molar-refractivity contribution >= 4 is 0 Å². The van der Waals surface area contributed by atoms with Crippen molar-refractivity contribution in [3.05, 3.63) is 35.4 Å². The fourth-order valence-electron chi connectivity index (χ4n) is 3.92. The van der Waals surface area contributed by atoms with E-state index in [4.69, 9.17) is 0 Å². The Labute approximate surface area is 117 Å². The van der Waals surface area contributed by atoms with E-state index in [9.17, 15) is 0 Å². The summed E-state index contributed by atoms with van der Waals surface area (Å²) in [6.07, 6.45) is 8.04. The summed E-state index contributed by atoms with van der Waals surface area (Å²) < 4.78 is 0. The summed E-state index contributed by atoms with van der Waals surface area (Å²) in [6, 6.07) is 10.6.